The molecule has 0 radical (unpaired) electrons. The van der Waals surface area contributed by atoms with E-state index in [1.807, 2.05) is 18.2 Å². The molecular formula is C17H26F2N8O2. The summed E-state index contributed by atoms with van der Waals surface area (Å²) in [4.78, 5) is 10.3. The van der Waals surface area contributed by atoms with Crippen molar-refractivity contribution >= 4 is 23.5 Å². The van der Waals surface area contributed by atoms with Gasteiger partial charge in [-0.1, -0.05) is 18.2 Å². The van der Waals surface area contributed by atoms with Crippen LogP contribution >= 0.6 is 0 Å². The molecule has 1 unspecified atom stereocenters. The lowest BCUT2D eigenvalue weighted by molar-refractivity contribution is -0.150. The van der Waals surface area contributed by atoms with Gasteiger partial charge in [0.05, 0.1) is 5.71 Å². The molecule has 1 aromatic carbocycles. The Kier molecular flexibility index (Phi) is 8.60. The van der Waals surface area contributed by atoms with Crippen molar-refractivity contribution in [3.8, 4) is 0 Å². The molecule has 0 heterocycles. The lowest BCUT2D eigenvalue weighted by Crippen LogP contribution is -2.54. The maximum Gasteiger partial charge on any atom is 0.329 e. The van der Waals surface area contributed by atoms with Crippen molar-refractivity contribution in [2.24, 2.45) is 38.9 Å². The molecule has 12 heteroatoms. The van der Waals surface area contributed by atoms with Crippen molar-refractivity contribution in [1.29, 1.82) is 5.41 Å². The largest absolute Gasteiger partial charge is 0.480 e. The highest BCUT2D eigenvalue weighted by molar-refractivity contribution is 6.08. The van der Waals surface area contributed by atoms with Crippen LogP contribution in [-0.2, 0) is 11.2 Å². The number of carboxylic acids is 1. The highest BCUT2D eigenvalue weighted by Crippen LogP contribution is 2.26. The zero-order chi connectivity index (χ0) is 22.2. The molecule has 1 aliphatic carbocycles. The zero-order valence-corrected chi connectivity index (χ0v) is 15.7. The van der Waals surface area contributed by atoms with E-state index in [0.29, 0.717) is 0 Å². The lowest BCUT2D eigenvalue weighted by atomic mass is 9.95. The zero-order valence-electron chi connectivity index (χ0n) is 15.7. The van der Waals surface area contributed by atoms with Crippen LogP contribution < -0.4 is 28.7 Å². The molecule has 0 saturated carbocycles. The van der Waals surface area contributed by atoms with E-state index in [4.69, 9.17) is 39.2 Å². The molecule has 1 aromatic rings. The standard InChI is InChI=1S/C11H14N6.C6H12F2N2O2/c12-10(13)8-3-1-2-7-6(8)4-5-9(7)16-17-11(14)15;7-4(8)6(10,5(11)12)2-1-3-9/h1-3H,4-5H2,(H3,12,13)(H4,14,15,17);4H,1-3,9-10H2,(H,11,12)/b16-9+;. The van der Waals surface area contributed by atoms with Gasteiger partial charge in [0.25, 0.3) is 6.43 Å². The highest BCUT2D eigenvalue weighted by Gasteiger charge is 2.42. The van der Waals surface area contributed by atoms with Gasteiger partial charge < -0.3 is 33.8 Å². The van der Waals surface area contributed by atoms with E-state index < -0.39 is 17.9 Å². The van der Waals surface area contributed by atoms with Crippen molar-refractivity contribution in [2.75, 3.05) is 6.54 Å². The van der Waals surface area contributed by atoms with Crippen molar-refractivity contribution in [1.82, 2.24) is 0 Å². The molecule has 0 amide bonds. The fraction of sp³-hybridized carbons (Fsp3) is 0.412. The first-order valence-electron chi connectivity index (χ1n) is 8.67. The number of nitrogens with zero attached hydrogens (tertiary/aromatic N) is 2. The molecule has 0 aromatic heterocycles. The van der Waals surface area contributed by atoms with E-state index in [2.05, 4.69) is 10.2 Å². The Morgan fingerprint density at radius 3 is 2.41 bits per heavy atom. The summed E-state index contributed by atoms with van der Waals surface area (Å²) in [6.07, 6.45) is -1.63. The number of rotatable bonds is 7. The predicted molar refractivity (Wildman–Crippen MR) is 107 cm³/mol. The monoisotopic (exact) mass is 412 g/mol. The highest BCUT2D eigenvalue weighted by atomic mass is 19.3. The minimum atomic E-state index is -3.07. The summed E-state index contributed by atoms with van der Waals surface area (Å²) in [5.41, 5.74) is 27.2. The van der Waals surface area contributed by atoms with Crippen LogP contribution in [0.2, 0.25) is 0 Å². The third kappa shape index (κ3) is 6.19. The van der Waals surface area contributed by atoms with E-state index in [0.717, 1.165) is 35.2 Å². The van der Waals surface area contributed by atoms with E-state index in [1.165, 1.54) is 0 Å². The van der Waals surface area contributed by atoms with Gasteiger partial charge in [0.1, 0.15) is 5.84 Å². The van der Waals surface area contributed by atoms with Gasteiger partial charge in [-0.3, -0.25) is 5.41 Å². The number of hydrogen-bond acceptors (Lipinski definition) is 6. The second-order valence-electron chi connectivity index (χ2n) is 6.36. The summed E-state index contributed by atoms with van der Waals surface area (Å²) in [5, 5.41) is 23.6. The number of guanidine groups is 1. The molecule has 0 saturated heterocycles. The van der Waals surface area contributed by atoms with Crippen LogP contribution in [-0.4, -0.2) is 47.1 Å². The normalized spacial score (nSPS) is 15.8. The van der Waals surface area contributed by atoms with Gasteiger partial charge in [-0.2, -0.15) is 5.10 Å². The molecule has 160 valence electrons. The minimum absolute atomic E-state index is 0.0614. The summed E-state index contributed by atoms with van der Waals surface area (Å²) in [7, 11) is 0. The molecule has 0 bridgehead atoms. The van der Waals surface area contributed by atoms with Crippen molar-refractivity contribution in [3.05, 3.63) is 34.9 Å². The Morgan fingerprint density at radius 1 is 1.28 bits per heavy atom. The van der Waals surface area contributed by atoms with Gasteiger partial charge in [0.15, 0.2) is 5.54 Å². The smallest absolute Gasteiger partial charge is 0.329 e. The number of nitrogens with two attached hydrogens (primary N) is 5. The first kappa shape index (κ1) is 23.9. The molecule has 0 fully saturated rings. The number of halogens is 2. The van der Waals surface area contributed by atoms with Crippen LogP contribution in [0.1, 0.15) is 36.0 Å². The fourth-order valence-electron chi connectivity index (χ4n) is 2.68. The molecule has 1 aliphatic rings. The van der Waals surface area contributed by atoms with Crippen molar-refractivity contribution < 1.29 is 18.7 Å². The van der Waals surface area contributed by atoms with E-state index in [1.54, 1.807) is 0 Å². The van der Waals surface area contributed by atoms with Crippen LogP contribution in [0.25, 0.3) is 0 Å². The molecule has 1 atom stereocenters. The summed E-state index contributed by atoms with van der Waals surface area (Å²) < 4.78 is 24.2. The van der Waals surface area contributed by atoms with Gasteiger partial charge in [-0.25, -0.2) is 13.6 Å². The lowest BCUT2D eigenvalue weighted by Gasteiger charge is -2.22. The van der Waals surface area contributed by atoms with Gasteiger partial charge >= 0.3 is 5.97 Å². The summed E-state index contributed by atoms with van der Waals surface area (Å²) in [6.45, 7) is 0.152. The maximum atomic E-state index is 12.1. The average molecular weight is 412 g/mol. The fourth-order valence-corrected chi connectivity index (χ4v) is 2.68. The van der Waals surface area contributed by atoms with Gasteiger partial charge in [0, 0.05) is 11.1 Å². The Hall–Kier alpha value is -3.12. The van der Waals surface area contributed by atoms with Gasteiger partial charge in [-0.15, -0.1) is 5.10 Å². The molecule has 0 spiro atoms. The Bertz CT molecular complexity index is 809. The average Bonchev–Trinajstić information content (AvgIpc) is 3.07. The Morgan fingerprint density at radius 2 is 1.93 bits per heavy atom. The molecule has 2 rings (SSSR count). The first-order valence-corrected chi connectivity index (χ1v) is 8.67. The molecule has 0 aliphatic heterocycles. The van der Waals surface area contributed by atoms with Crippen molar-refractivity contribution in [3.63, 3.8) is 0 Å². The predicted octanol–water partition coefficient (Wildman–Crippen LogP) is -0.333. The Labute approximate surface area is 166 Å². The van der Waals surface area contributed by atoms with Crippen LogP contribution in [0.5, 0.6) is 0 Å². The third-order valence-corrected chi connectivity index (χ3v) is 4.26. The topological polar surface area (TPSA) is 216 Å². The van der Waals surface area contributed by atoms with Crippen LogP contribution in [0.3, 0.4) is 0 Å². The van der Waals surface area contributed by atoms with Gasteiger partial charge in [-0.05, 0) is 37.8 Å². The second kappa shape index (κ2) is 10.4. The number of carbonyl (C=O) groups is 1. The van der Waals surface area contributed by atoms with Crippen molar-refractivity contribution in [2.45, 2.75) is 37.6 Å². The number of nitrogens with one attached hydrogen (secondary N) is 1. The van der Waals surface area contributed by atoms with Gasteiger partial charge in [0.2, 0.25) is 5.96 Å². The quantitative estimate of drug-likeness (QED) is 0.179. The van der Waals surface area contributed by atoms with E-state index >= 15 is 0 Å². The van der Waals surface area contributed by atoms with Crippen LogP contribution in [0.4, 0.5) is 8.78 Å². The summed E-state index contributed by atoms with van der Waals surface area (Å²) in [5.74, 6) is -1.68. The second-order valence-corrected chi connectivity index (χ2v) is 6.36. The molecule has 10 nitrogen and oxygen atoms in total. The number of fused-ring (bicyclic) bond motifs is 1. The van der Waals surface area contributed by atoms with Crippen LogP contribution in [0.15, 0.2) is 28.4 Å². The number of alkyl halides is 2. The number of hydrogen-bond donors (Lipinski definition) is 7. The third-order valence-electron chi connectivity index (χ3n) is 4.26. The maximum absolute atomic E-state index is 12.1. The minimum Gasteiger partial charge on any atom is -0.480 e. The van der Waals surface area contributed by atoms with E-state index in [-0.39, 0.29) is 31.2 Å². The number of aliphatic carboxylic acids is 1. The van der Waals surface area contributed by atoms with Crippen LogP contribution in [0, 0.1) is 5.41 Å². The Balaban J connectivity index is 0.000000311. The number of nitrogen functional groups attached to an aromatic ring is 1. The number of carboxylic acid groups (broad SMARTS) is 1. The van der Waals surface area contributed by atoms with E-state index in [9.17, 15) is 13.6 Å². The molecular weight excluding hydrogens is 386 g/mol. The molecule has 29 heavy (non-hydrogen) atoms. The molecule has 12 N–H and O–H groups in total. The number of amidine groups is 1. The summed E-state index contributed by atoms with van der Waals surface area (Å²) >= 11 is 0. The summed E-state index contributed by atoms with van der Waals surface area (Å²) in [6, 6.07) is 5.63. The number of benzene rings is 1. The first-order chi connectivity index (χ1) is 13.5. The SMILES string of the molecule is N=C(N)c1cccc2c1CC/C2=N\N=C(N)N.NCCCC(N)(C(=O)O)C(F)F.